The second-order valence-electron chi connectivity index (χ2n) is 6.16. The van der Waals surface area contributed by atoms with Crippen LogP contribution >= 0.6 is 0 Å². The van der Waals surface area contributed by atoms with Crippen LogP contribution in [0.4, 0.5) is 0 Å². The smallest absolute Gasteiger partial charge is 0.256 e. The molecule has 24 heavy (non-hydrogen) atoms. The van der Waals surface area contributed by atoms with Crippen molar-refractivity contribution < 1.29 is 13.9 Å². The van der Waals surface area contributed by atoms with Crippen LogP contribution < -0.4 is 4.74 Å². The number of benzene rings is 2. The number of hydrogen-bond donors (Lipinski definition) is 0. The first-order valence-corrected chi connectivity index (χ1v) is 8.36. The highest BCUT2D eigenvalue weighted by Crippen LogP contribution is 2.28. The number of nitrogens with zero attached hydrogens (tertiary/aromatic N) is 2. The fourth-order valence-electron chi connectivity index (χ4n) is 3.01. The third kappa shape index (κ3) is 3.12. The highest BCUT2D eigenvalue weighted by Gasteiger charge is 2.24. The molecule has 1 aliphatic heterocycles. The monoisotopic (exact) mass is 324 g/mol. The van der Waals surface area contributed by atoms with Gasteiger partial charge in [0, 0.05) is 6.61 Å². The van der Waals surface area contributed by atoms with E-state index in [0.29, 0.717) is 18.4 Å². The average Bonchev–Trinajstić information content (AvgIpc) is 3.13. The molecule has 5 heteroatoms. The van der Waals surface area contributed by atoms with Crippen LogP contribution in [0.5, 0.6) is 5.75 Å². The molecular weight excluding hydrogens is 304 g/mol. The first-order chi connectivity index (χ1) is 11.8. The summed E-state index contributed by atoms with van der Waals surface area (Å²) in [6, 6.07) is 14.2. The number of aromatic nitrogens is 2. The maximum Gasteiger partial charge on any atom is 0.256 e. The predicted molar refractivity (Wildman–Crippen MR) is 90.1 cm³/mol. The van der Waals surface area contributed by atoms with Gasteiger partial charge < -0.3 is 13.9 Å². The van der Waals surface area contributed by atoms with E-state index in [4.69, 9.17) is 13.9 Å². The SMILES string of the molecule is C[C@@H](Oc1ccc2ccccc2c1)c1nnc([C@H]2CCCOC2)o1. The molecule has 0 bridgehead atoms. The Morgan fingerprint density at radius 1 is 1.12 bits per heavy atom. The zero-order valence-corrected chi connectivity index (χ0v) is 13.6. The molecular formula is C19H20N2O3. The van der Waals surface area contributed by atoms with E-state index in [2.05, 4.69) is 28.4 Å². The van der Waals surface area contributed by atoms with Gasteiger partial charge in [-0.3, -0.25) is 0 Å². The summed E-state index contributed by atoms with van der Waals surface area (Å²) in [4.78, 5) is 0. The number of ether oxygens (including phenoxy) is 2. The van der Waals surface area contributed by atoms with Crippen molar-refractivity contribution in [1.29, 1.82) is 0 Å². The van der Waals surface area contributed by atoms with E-state index >= 15 is 0 Å². The summed E-state index contributed by atoms with van der Waals surface area (Å²) >= 11 is 0. The van der Waals surface area contributed by atoms with Crippen LogP contribution in [-0.2, 0) is 4.74 Å². The number of fused-ring (bicyclic) bond motifs is 1. The molecule has 0 N–H and O–H groups in total. The van der Waals surface area contributed by atoms with E-state index in [-0.39, 0.29) is 12.0 Å². The Hall–Kier alpha value is -2.40. The summed E-state index contributed by atoms with van der Waals surface area (Å²) in [5.74, 6) is 2.15. The van der Waals surface area contributed by atoms with Crippen molar-refractivity contribution in [3.05, 3.63) is 54.2 Å². The second kappa shape index (κ2) is 6.61. The van der Waals surface area contributed by atoms with E-state index < -0.39 is 0 Å². The lowest BCUT2D eigenvalue weighted by atomic mass is 10.0. The van der Waals surface area contributed by atoms with E-state index in [1.807, 2.05) is 31.2 Å². The van der Waals surface area contributed by atoms with Gasteiger partial charge in [0.1, 0.15) is 5.75 Å². The van der Waals surface area contributed by atoms with Crippen molar-refractivity contribution in [2.24, 2.45) is 0 Å². The molecule has 0 radical (unpaired) electrons. The Bertz CT molecular complexity index is 824. The molecule has 0 unspecified atom stereocenters. The molecule has 1 saturated heterocycles. The fourth-order valence-corrected chi connectivity index (χ4v) is 3.01. The molecule has 0 saturated carbocycles. The highest BCUT2D eigenvalue weighted by molar-refractivity contribution is 5.83. The molecule has 124 valence electrons. The largest absolute Gasteiger partial charge is 0.481 e. The van der Waals surface area contributed by atoms with E-state index in [1.165, 1.54) is 5.39 Å². The highest BCUT2D eigenvalue weighted by atomic mass is 16.5. The molecule has 0 spiro atoms. The molecule has 2 heterocycles. The van der Waals surface area contributed by atoms with Crippen molar-refractivity contribution >= 4 is 10.8 Å². The zero-order valence-electron chi connectivity index (χ0n) is 13.6. The van der Waals surface area contributed by atoms with Gasteiger partial charge in [-0.25, -0.2) is 0 Å². The Balaban J connectivity index is 1.48. The van der Waals surface area contributed by atoms with Crippen LogP contribution in [0.3, 0.4) is 0 Å². The lowest BCUT2D eigenvalue weighted by Gasteiger charge is -2.18. The van der Waals surface area contributed by atoms with Gasteiger partial charge in [0.05, 0.1) is 12.5 Å². The minimum Gasteiger partial charge on any atom is -0.481 e. The van der Waals surface area contributed by atoms with Crippen molar-refractivity contribution in [1.82, 2.24) is 10.2 Å². The van der Waals surface area contributed by atoms with Gasteiger partial charge in [-0.05, 0) is 42.7 Å². The summed E-state index contributed by atoms with van der Waals surface area (Å²) < 4.78 is 17.3. The van der Waals surface area contributed by atoms with Crippen molar-refractivity contribution in [3.8, 4) is 5.75 Å². The molecule has 0 amide bonds. The van der Waals surface area contributed by atoms with Gasteiger partial charge in [-0.15, -0.1) is 10.2 Å². The summed E-state index contributed by atoms with van der Waals surface area (Å²) in [5, 5.41) is 10.7. The van der Waals surface area contributed by atoms with E-state index in [1.54, 1.807) is 0 Å². The standard InChI is InChI=1S/C19H20N2O3/c1-13(18-20-21-19(24-18)16-7-4-10-22-12-16)23-17-9-8-14-5-2-3-6-15(14)11-17/h2-3,5-6,8-9,11,13,16H,4,7,10,12H2,1H3/t13-,16+/m1/s1. The number of hydrogen-bond acceptors (Lipinski definition) is 5. The Morgan fingerprint density at radius 2 is 2.00 bits per heavy atom. The van der Waals surface area contributed by atoms with Crippen LogP contribution in [0.1, 0.15) is 43.6 Å². The molecule has 2 atom stereocenters. The lowest BCUT2D eigenvalue weighted by molar-refractivity contribution is 0.0710. The van der Waals surface area contributed by atoms with Crippen LogP contribution in [0.15, 0.2) is 46.9 Å². The maximum absolute atomic E-state index is 5.98. The van der Waals surface area contributed by atoms with Gasteiger partial charge in [0.15, 0.2) is 6.10 Å². The molecule has 5 nitrogen and oxygen atoms in total. The van der Waals surface area contributed by atoms with Gasteiger partial charge >= 0.3 is 0 Å². The first kappa shape index (κ1) is 15.1. The van der Waals surface area contributed by atoms with Gasteiger partial charge in [-0.2, -0.15) is 0 Å². The molecule has 0 aliphatic carbocycles. The minimum absolute atomic E-state index is 0.202. The molecule has 4 rings (SSSR count). The third-order valence-corrected chi connectivity index (χ3v) is 4.35. The van der Waals surface area contributed by atoms with Crippen LogP contribution in [0.2, 0.25) is 0 Å². The molecule has 1 aliphatic rings. The van der Waals surface area contributed by atoms with Gasteiger partial charge in [-0.1, -0.05) is 30.3 Å². The summed E-state index contributed by atoms with van der Waals surface area (Å²) in [6.45, 7) is 3.39. The van der Waals surface area contributed by atoms with Crippen molar-refractivity contribution in [2.45, 2.75) is 31.8 Å². The van der Waals surface area contributed by atoms with Crippen LogP contribution in [0.25, 0.3) is 10.8 Å². The van der Waals surface area contributed by atoms with Crippen LogP contribution in [0, 0.1) is 0 Å². The minimum atomic E-state index is -0.295. The molecule has 1 fully saturated rings. The van der Waals surface area contributed by atoms with Crippen LogP contribution in [-0.4, -0.2) is 23.4 Å². The molecule has 1 aromatic heterocycles. The van der Waals surface area contributed by atoms with E-state index in [9.17, 15) is 0 Å². The van der Waals surface area contributed by atoms with Crippen molar-refractivity contribution in [2.75, 3.05) is 13.2 Å². The Labute approximate surface area is 140 Å². The van der Waals surface area contributed by atoms with Gasteiger partial charge in [0.25, 0.3) is 5.89 Å². The topological polar surface area (TPSA) is 57.4 Å². The average molecular weight is 324 g/mol. The molecule has 3 aromatic rings. The second-order valence-corrected chi connectivity index (χ2v) is 6.16. The maximum atomic E-state index is 5.98. The quantitative estimate of drug-likeness (QED) is 0.718. The summed E-state index contributed by atoms with van der Waals surface area (Å²) in [5.41, 5.74) is 0. The zero-order chi connectivity index (χ0) is 16.4. The molecule has 2 aromatic carbocycles. The first-order valence-electron chi connectivity index (χ1n) is 8.36. The number of rotatable bonds is 4. The normalized spacial score (nSPS) is 19.3. The van der Waals surface area contributed by atoms with Crippen molar-refractivity contribution in [3.63, 3.8) is 0 Å². The third-order valence-electron chi connectivity index (χ3n) is 4.35. The lowest BCUT2D eigenvalue weighted by Crippen LogP contribution is -2.15. The summed E-state index contributed by atoms with van der Waals surface area (Å²) in [6.07, 6.45) is 1.77. The fraction of sp³-hybridized carbons (Fsp3) is 0.368. The summed E-state index contributed by atoms with van der Waals surface area (Å²) in [7, 11) is 0. The van der Waals surface area contributed by atoms with Gasteiger partial charge in [0.2, 0.25) is 5.89 Å². The Morgan fingerprint density at radius 3 is 2.83 bits per heavy atom. The van der Waals surface area contributed by atoms with E-state index in [0.717, 1.165) is 30.6 Å². The Kier molecular flexibility index (Phi) is 4.17. The predicted octanol–water partition coefficient (Wildman–Crippen LogP) is 4.26.